The van der Waals surface area contributed by atoms with Gasteiger partial charge in [-0.05, 0) is 38.5 Å². The van der Waals surface area contributed by atoms with E-state index in [0.717, 1.165) is 38.5 Å². The van der Waals surface area contributed by atoms with Gasteiger partial charge in [-0.2, -0.15) is 0 Å². The van der Waals surface area contributed by atoms with Crippen LogP contribution < -0.4 is 10.6 Å². The number of hydrogen-bond acceptors (Lipinski definition) is 2. The van der Waals surface area contributed by atoms with E-state index in [1.807, 2.05) is 4.90 Å². The molecule has 1 aliphatic heterocycles. The molecular formula is C17H29N3O2. The summed E-state index contributed by atoms with van der Waals surface area (Å²) in [5, 5.41) is 6.28. The summed E-state index contributed by atoms with van der Waals surface area (Å²) in [6.45, 7) is 1.42. The van der Waals surface area contributed by atoms with Gasteiger partial charge in [0.15, 0.2) is 0 Å². The molecule has 0 atom stereocenters. The van der Waals surface area contributed by atoms with Gasteiger partial charge in [0.25, 0.3) is 0 Å². The molecule has 2 aliphatic carbocycles. The maximum atomic E-state index is 12.4. The van der Waals surface area contributed by atoms with Gasteiger partial charge in [-0.15, -0.1) is 0 Å². The molecule has 3 rings (SSSR count). The molecule has 5 heteroatoms. The molecule has 3 fully saturated rings. The molecule has 0 unspecified atom stereocenters. The summed E-state index contributed by atoms with van der Waals surface area (Å²) in [5.41, 5.74) is 0. The van der Waals surface area contributed by atoms with Crippen molar-refractivity contribution in [2.24, 2.45) is 5.92 Å². The largest absolute Gasteiger partial charge is 0.353 e. The van der Waals surface area contributed by atoms with Crippen LogP contribution in [0.15, 0.2) is 0 Å². The van der Waals surface area contributed by atoms with Crippen molar-refractivity contribution in [3.63, 3.8) is 0 Å². The average Bonchev–Trinajstić information content (AvgIpc) is 3.35. The number of carbonyl (C=O) groups excluding carboxylic acids is 2. The number of likely N-dealkylation sites (tertiary alicyclic amines) is 1. The fourth-order valence-electron chi connectivity index (χ4n) is 3.58. The van der Waals surface area contributed by atoms with Crippen molar-refractivity contribution < 1.29 is 9.59 Å². The Hall–Kier alpha value is -1.26. The fraction of sp³-hybridized carbons (Fsp3) is 0.882. The molecule has 3 aliphatic rings. The Kier molecular flexibility index (Phi) is 5.21. The molecular weight excluding hydrogens is 278 g/mol. The molecule has 3 amide bonds. The highest BCUT2D eigenvalue weighted by atomic mass is 16.2. The highest BCUT2D eigenvalue weighted by molar-refractivity contribution is 5.80. The SMILES string of the molecule is O=C(NC1CCCCCC1)C1CCN(C(=O)NC2CC2)CC1. The van der Waals surface area contributed by atoms with Gasteiger partial charge in [-0.25, -0.2) is 4.79 Å². The maximum absolute atomic E-state index is 12.4. The zero-order valence-electron chi connectivity index (χ0n) is 13.5. The van der Waals surface area contributed by atoms with E-state index in [4.69, 9.17) is 0 Å². The minimum Gasteiger partial charge on any atom is -0.353 e. The third-order valence-electron chi connectivity index (χ3n) is 5.26. The van der Waals surface area contributed by atoms with Crippen molar-refractivity contribution >= 4 is 11.9 Å². The second-order valence-corrected chi connectivity index (χ2v) is 7.18. The number of amides is 3. The molecule has 0 aromatic heterocycles. The topological polar surface area (TPSA) is 61.4 Å². The Morgan fingerprint density at radius 3 is 1.91 bits per heavy atom. The van der Waals surface area contributed by atoms with Crippen molar-refractivity contribution in [3.8, 4) is 0 Å². The van der Waals surface area contributed by atoms with Crippen molar-refractivity contribution in [3.05, 3.63) is 0 Å². The quantitative estimate of drug-likeness (QED) is 0.787. The molecule has 0 bridgehead atoms. The van der Waals surface area contributed by atoms with E-state index < -0.39 is 0 Å². The molecule has 0 aromatic carbocycles. The van der Waals surface area contributed by atoms with Crippen LogP contribution in [0.25, 0.3) is 0 Å². The van der Waals surface area contributed by atoms with Gasteiger partial charge in [0.1, 0.15) is 0 Å². The van der Waals surface area contributed by atoms with Gasteiger partial charge in [-0.1, -0.05) is 25.7 Å². The lowest BCUT2D eigenvalue weighted by Gasteiger charge is -2.32. The predicted octanol–water partition coefficient (Wildman–Crippen LogP) is 2.41. The first-order valence-corrected chi connectivity index (χ1v) is 9.08. The number of urea groups is 1. The van der Waals surface area contributed by atoms with E-state index in [1.54, 1.807) is 0 Å². The average molecular weight is 307 g/mol. The Bertz CT molecular complexity index is 393. The Balaban J connectivity index is 1.40. The monoisotopic (exact) mass is 307 g/mol. The highest BCUT2D eigenvalue weighted by Gasteiger charge is 2.31. The van der Waals surface area contributed by atoms with Crippen LogP contribution in [0.4, 0.5) is 4.79 Å². The first-order chi connectivity index (χ1) is 10.7. The van der Waals surface area contributed by atoms with Crippen LogP contribution >= 0.6 is 0 Å². The van der Waals surface area contributed by atoms with Gasteiger partial charge in [0.05, 0.1) is 0 Å². The molecule has 2 saturated carbocycles. The van der Waals surface area contributed by atoms with Crippen molar-refractivity contribution in [1.82, 2.24) is 15.5 Å². The van der Waals surface area contributed by atoms with Crippen LogP contribution in [0.3, 0.4) is 0 Å². The summed E-state index contributed by atoms with van der Waals surface area (Å²) in [5.74, 6) is 0.308. The molecule has 0 spiro atoms. The van der Waals surface area contributed by atoms with Crippen LogP contribution in [-0.4, -0.2) is 42.0 Å². The molecule has 1 heterocycles. The standard InChI is InChI=1S/C17H29N3O2/c21-16(18-14-5-3-1-2-4-6-14)13-9-11-20(12-10-13)17(22)19-15-7-8-15/h13-15H,1-12H2,(H,18,21)(H,19,22). The Morgan fingerprint density at radius 2 is 1.32 bits per heavy atom. The van der Waals surface area contributed by atoms with Gasteiger partial charge >= 0.3 is 6.03 Å². The maximum Gasteiger partial charge on any atom is 0.317 e. The number of carbonyl (C=O) groups is 2. The van der Waals surface area contributed by atoms with E-state index in [2.05, 4.69) is 10.6 Å². The highest BCUT2D eigenvalue weighted by Crippen LogP contribution is 2.22. The normalized spacial score (nSPS) is 24.6. The third-order valence-corrected chi connectivity index (χ3v) is 5.26. The van der Waals surface area contributed by atoms with Gasteiger partial charge in [0.2, 0.25) is 5.91 Å². The molecule has 22 heavy (non-hydrogen) atoms. The lowest BCUT2D eigenvalue weighted by Crippen LogP contribution is -2.48. The smallest absolute Gasteiger partial charge is 0.317 e. The van der Waals surface area contributed by atoms with E-state index >= 15 is 0 Å². The van der Waals surface area contributed by atoms with Crippen molar-refractivity contribution in [1.29, 1.82) is 0 Å². The van der Waals surface area contributed by atoms with E-state index in [9.17, 15) is 9.59 Å². The molecule has 5 nitrogen and oxygen atoms in total. The van der Waals surface area contributed by atoms with Crippen LogP contribution in [0.5, 0.6) is 0 Å². The molecule has 0 aromatic rings. The minimum absolute atomic E-state index is 0.0603. The summed E-state index contributed by atoms with van der Waals surface area (Å²) >= 11 is 0. The fourth-order valence-corrected chi connectivity index (χ4v) is 3.58. The van der Waals surface area contributed by atoms with Crippen molar-refractivity contribution in [2.75, 3.05) is 13.1 Å². The lowest BCUT2D eigenvalue weighted by molar-refractivity contribution is -0.127. The van der Waals surface area contributed by atoms with Crippen LogP contribution in [-0.2, 0) is 4.79 Å². The Morgan fingerprint density at radius 1 is 0.727 bits per heavy atom. The van der Waals surface area contributed by atoms with Gasteiger partial charge in [0, 0.05) is 31.1 Å². The summed E-state index contributed by atoms with van der Waals surface area (Å²) in [7, 11) is 0. The van der Waals surface area contributed by atoms with Gasteiger partial charge < -0.3 is 15.5 Å². The minimum atomic E-state index is 0.0603. The molecule has 124 valence electrons. The third kappa shape index (κ3) is 4.37. The number of piperidine rings is 1. The molecule has 1 saturated heterocycles. The first kappa shape index (κ1) is 15.6. The van der Waals surface area contributed by atoms with Gasteiger partial charge in [-0.3, -0.25) is 4.79 Å². The van der Waals surface area contributed by atoms with E-state index in [-0.39, 0.29) is 17.9 Å². The summed E-state index contributed by atoms with van der Waals surface area (Å²) in [6, 6.07) is 0.847. The lowest BCUT2D eigenvalue weighted by atomic mass is 9.95. The second kappa shape index (κ2) is 7.34. The zero-order chi connectivity index (χ0) is 15.4. The molecule has 0 radical (unpaired) electrons. The van der Waals surface area contributed by atoms with Crippen molar-refractivity contribution in [2.45, 2.75) is 76.3 Å². The summed E-state index contributed by atoms with van der Waals surface area (Å²) in [4.78, 5) is 26.3. The first-order valence-electron chi connectivity index (χ1n) is 9.08. The van der Waals surface area contributed by atoms with E-state index in [1.165, 1.54) is 25.7 Å². The summed E-state index contributed by atoms with van der Waals surface area (Å²) in [6.07, 6.45) is 11.2. The van der Waals surface area contributed by atoms with Crippen LogP contribution in [0, 0.1) is 5.92 Å². The Labute approximate surface area is 133 Å². The number of hydrogen-bond donors (Lipinski definition) is 2. The van der Waals surface area contributed by atoms with Crippen LogP contribution in [0.2, 0.25) is 0 Å². The number of nitrogens with one attached hydrogen (secondary N) is 2. The number of rotatable bonds is 3. The number of nitrogens with zero attached hydrogens (tertiary/aromatic N) is 1. The van der Waals surface area contributed by atoms with E-state index in [0.29, 0.717) is 25.2 Å². The molecule has 2 N–H and O–H groups in total. The predicted molar refractivity (Wildman–Crippen MR) is 85.5 cm³/mol. The zero-order valence-corrected chi connectivity index (χ0v) is 13.5. The second-order valence-electron chi connectivity index (χ2n) is 7.18. The summed E-state index contributed by atoms with van der Waals surface area (Å²) < 4.78 is 0. The van der Waals surface area contributed by atoms with Crippen LogP contribution in [0.1, 0.15) is 64.2 Å².